The van der Waals surface area contributed by atoms with Crippen molar-refractivity contribution in [3.05, 3.63) is 59.3 Å². The first-order valence-corrected chi connectivity index (χ1v) is 8.21. The summed E-state index contributed by atoms with van der Waals surface area (Å²) in [7, 11) is 1.70. The van der Waals surface area contributed by atoms with Crippen LogP contribution in [0.1, 0.15) is 35.6 Å². The van der Waals surface area contributed by atoms with Crippen molar-refractivity contribution >= 4 is 10.9 Å². The highest BCUT2D eigenvalue weighted by Gasteiger charge is 2.24. The van der Waals surface area contributed by atoms with Gasteiger partial charge in [-0.15, -0.1) is 0 Å². The van der Waals surface area contributed by atoms with Gasteiger partial charge < -0.3 is 14.8 Å². The molecule has 1 atom stereocenters. The Hall–Kier alpha value is -2.42. The molecule has 3 nitrogen and oxygen atoms in total. The second-order valence-electron chi connectivity index (χ2n) is 6.39. The predicted octanol–water partition coefficient (Wildman–Crippen LogP) is 4.54. The van der Waals surface area contributed by atoms with Crippen LogP contribution in [0.15, 0.2) is 42.5 Å². The van der Waals surface area contributed by atoms with Gasteiger partial charge in [0.2, 0.25) is 0 Å². The largest absolute Gasteiger partial charge is 0.508 e. The van der Waals surface area contributed by atoms with Crippen molar-refractivity contribution in [2.75, 3.05) is 7.11 Å². The monoisotopic (exact) mass is 307 g/mol. The fourth-order valence-corrected chi connectivity index (χ4v) is 3.85. The van der Waals surface area contributed by atoms with Crippen LogP contribution in [-0.4, -0.2) is 17.2 Å². The van der Waals surface area contributed by atoms with Gasteiger partial charge in [-0.3, -0.25) is 0 Å². The number of aromatic amines is 1. The van der Waals surface area contributed by atoms with Crippen molar-refractivity contribution in [1.82, 2.24) is 4.98 Å². The average Bonchev–Trinajstić information content (AvgIpc) is 2.94. The van der Waals surface area contributed by atoms with Crippen molar-refractivity contribution in [1.29, 1.82) is 0 Å². The Bertz CT molecular complexity index is 833. The molecular weight excluding hydrogens is 286 g/mol. The van der Waals surface area contributed by atoms with Crippen LogP contribution < -0.4 is 4.74 Å². The first-order valence-electron chi connectivity index (χ1n) is 8.21. The minimum atomic E-state index is 0.322. The molecule has 0 spiro atoms. The predicted molar refractivity (Wildman–Crippen MR) is 92.3 cm³/mol. The number of hydrogen-bond acceptors (Lipinski definition) is 2. The number of nitrogens with one attached hydrogen (secondary N) is 1. The number of phenols is 1. The molecule has 4 rings (SSSR count). The van der Waals surface area contributed by atoms with E-state index in [1.807, 2.05) is 24.3 Å². The molecule has 1 aliphatic carbocycles. The van der Waals surface area contributed by atoms with Crippen molar-refractivity contribution in [2.24, 2.45) is 0 Å². The maximum atomic E-state index is 9.71. The molecule has 0 radical (unpaired) electrons. The molecule has 118 valence electrons. The van der Waals surface area contributed by atoms with Crippen LogP contribution >= 0.6 is 0 Å². The summed E-state index contributed by atoms with van der Waals surface area (Å²) in [6, 6.07) is 14.1. The average molecular weight is 307 g/mol. The molecule has 3 heteroatoms. The number of hydrogen-bond donors (Lipinski definition) is 2. The third-order valence-electron chi connectivity index (χ3n) is 4.93. The molecule has 2 N–H and O–H groups in total. The van der Waals surface area contributed by atoms with Gasteiger partial charge >= 0.3 is 0 Å². The molecule has 0 saturated carbocycles. The number of rotatable bonds is 3. The van der Waals surface area contributed by atoms with Crippen LogP contribution in [0, 0.1) is 0 Å². The van der Waals surface area contributed by atoms with Gasteiger partial charge in [0.05, 0.1) is 7.11 Å². The van der Waals surface area contributed by atoms with Crippen LogP contribution in [0.3, 0.4) is 0 Å². The zero-order chi connectivity index (χ0) is 15.8. The van der Waals surface area contributed by atoms with E-state index in [2.05, 4.69) is 17.1 Å². The molecule has 1 aromatic heterocycles. The van der Waals surface area contributed by atoms with E-state index in [0.29, 0.717) is 11.7 Å². The van der Waals surface area contributed by atoms with Gasteiger partial charge in [0.25, 0.3) is 0 Å². The van der Waals surface area contributed by atoms with Gasteiger partial charge in [-0.25, -0.2) is 0 Å². The first kappa shape index (κ1) is 14.2. The lowest BCUT2D eigenvalue weighted by atomic mass is 9.81. The first-order chi connectivity index (χ1) is 11.2. The summed E-state index contributed by atoms with van der Waals surface area (Å²) in [6.07, 6.45) is 4.58. The number of benzene rings is 2. The summed E-state index contributed by atoms with van der Waals surface area (Å²) in [5, 5.41) is 11.0. The van der Waals surface area contributed by atoms with Gasteiger partial charge in [0.1, 0.15) is 11.5 Å². The summed E-state index contributed by atoms with van der Waals surface area (Å²) in [6.45, 7) is 0. The maximum Gasteiger partial charge on any atom is 0.118 e. The highest BCUT2D eigenvalue weighted by atomic mass is 16.5. The third kappa shape index (κ3) is 2.56. The smallest absolute Gasteiger partial charge is 0.118 e. The Morgan fingerprint density at radius 1 is 1.17 bits per heavy atom. The highest BCUT2D eigenvalue weighted by Crippen LogP contribution is 2.39. The Labute approximate surface area is 135 Å². The number of aromatic hydroxyl groups is 1. The molecular formula is C20H21NO2. The van der Waals surface area contributed by atoms with Crippen LogP contribution in [0.2, 0.25) is 0 Å². The van der Waals surface area contributed by atoms with Crippen molar-refractivity contribution in [2.45, 2.75) is 31.6 Å². The zero-order valence-electron chi connectivity index (χ0n) is 13.3. The molecule has 3 aromatic rings. The Kier molecular flexibility index (Phi) is 3.49. The summed E-state index contributed by atoms with van der Waals surface area (Å²) < 4.78 is 5.24. The summed E-state index contributed by atoms with van der Waals surface area (Å²) >= 11 is 0. The number of fused-ring (bicyclic) bond motifs is 3. The van der Waals surface area contributed by atoms with Gasteiger partial charge in [0.15, 0.2) is 0 Å². The van der Waals surface area contributed by atoms with Crippen LogP contribution in [0.25, 0.3) is 10.9 Å². The molecule has 23 heavy (non-hydrogen) atoms. The normalized spacial score (nSPS) is 17.2. The van der Waals surface area contributed by atoms with Crippen molar-refractivity contribution in [3.8, 4) is 11.5 Å². The lowest BCUT2D eigenvalue weighted by molar-refractivity contribution is 0.414. The van der Waals surface area contributed by atoms with Gasteiger partial charge in [-0.05, 0) is 67.0 Å². The van der Waals surface area contributed by atoms with E-state index < -0.39 is 0 Å². The third-order valence-corrected chi connectivity index (χ3v) is 4.93. The van der Waals surface area contributed by atoms with Crippen LogP contribution in [-0.2, 0) is 12.8 Å². The highest BCUT2D eigenvalue weighted by molar-refractivity contribution is 5.86. The maximum absolute atomic E-state index is 9.71. The van der Waals surface area contributed by atoms with E-state index in [1.165, 1.54) is 35.0 Å². The van der Waals surface area contributed by atoms with E-state index in [4.69, 9.17) is 4.74 Å². The van der Waals surface area contributed by atoms with E-state index in [-0.39, 0.29) is 0 Å². The molecule has 1 heterocycles. The molecule has 0 amide bonds. The topological polar surface area (TPSA) is 45.2 Å². The molecule has 2 aromatic carbocycles. The standard InChI is InChI=1S/C20H21NO2/c1-23-16-8-5-13(6-9-16)11-14-3-2-4-18-20(14)17-10-7-15(22)12-19(17)21-18/h5-10,12,14,21-22H,2-4,11H2,1H3. The van der Waals surface area contributed by atoms with E-state index >= 15 is 0 Å². The van der Waals surface area contributed by atoms with Gasteiger partial charge in [-0.1, -0.05) is 12.1 Å². The molecule has 1 aliphatic rings. The Balaban J connectivity index is 1.70. The van der Waals surface area contributed by atoms with E-state index in [9.17, 15) is 5.11 Å². The zero-order valence-corrected chi connectivity index (χ0v) is 13.3. The number of phenolic OH excluding ortho intramolecular Hbond substituents is 1. The molecule has 0 saturated heterocycles. The molecule has 0 fully saturated rings. The SMILES string of the molecule is COc1ccc(CC2CCCc3[nH]c4cc(O)ccc4c32)cc1. The molecule has 0 bridgehead atoms. The fourth-order valence-electron chi connectivity index (χ4n) is 3.85. The number of ether oxygens (including phenoxy) is 1. The van der Waals surface area contributed by atoms with E-state index in [1.54, 1.807) is 13.2 Å². The minimum absolute atomic E-state index is 0.322. The summed E-state index contributed by atoms with van der Waals surface area (Å²) in [4.78, 5) is 3.51. The number of methoxy groups -OCH3 is 1. The molecule has 1 unspecified atom stereocenters. The van der Waals surface area contributed by atoms with Crippen LogP contribution in [0.4, 0.5) is 0 Å². The van der Waals surface area contributed by atoms with Crippen molar-refractivity contribution < 1.29 is 9.84 Å². The second-order valence-corrected chi connectivity index (χ2v) is 6.39. The quantitative estimate of drug-likeness (QED) is 0.746. The summed E-state index contributed by atoms with van der Waals surface area (Å²) in [5.41, 5.74) is 5.19. The van der Waals surface area contributed by atoms with E-state index in [0.717, 1.165) is 24.1 Å². The van der Waals surface area contributed by atoms with Gasteiger partial charge in [-0.2, -0.15) is 0 Å². The summed E-state index contributed by atoms with van der Waals surface area (Å²) in [5.74, 6) is 1.76. The van der Waals surface area contributed by atoms with Gasteiger partial charge in [0, 0.05) is 22.7 Å². The van der Waals surface area contributed by atoms with Crippen LogP contribution in [0.5, 0.6) is 11.5 Å². The van der Waals surface area contributed by atoms with Crippen molar-refractivity contribution in [3.63, 3.8) is 0 Å². The molecule has 0 aliphatic heterocycles. The second kappa shape index (κ2) is 5.65. The minimum Gasteiger partial charge on any atom is -0.508 e. The number of aryl methyl sites for hydroxylation is 1. The lowest BCUT2D eigenvalue weighted by Crippen LogP contribution is -2.11. The number of H-pyrrole nitrogens is 1. The fraction of sp³-hybridized carbons (Fsp3) is 0.300. The Morgan fingerprint density at radius 2 is 2.00 bits per heavy atom. The lowest BCUT2D eigenvalue weighted by Gasteiger charge is -2.23. The Morgan fingerprint density at radius 3 is 2.78 bits per heavy atom. The number of aromatic nitrogens is 1.